The fraction of sp³-hybridized carbons (Fsp3) is 0.222. The van der Waals surface area contributed by atoms with E-state index in [1.807, 2.05) is 0 Å². The summed E-state index contributed by atoms with van der Waals surface area (Å²) in [7, 11) is 1.46. The number of methoxy groups -OCH3 is 1. The third-order valence-electron chi connectivity index (χ3n) is 1.43. The molecule has 0 unspecified atom stereocenters. The quantitative estimate of drug-likeness (QED) is 0.472. The molecule has 0 saturated heterocycles. The van der Waals surface area contributed by atoms with Crippen LogP contribution < -0.4 is 5.48 Å². The van der Waals surface area contributed by atoms with Crippen LogP contribution in [0.25, 0.3) is 0 Å². The van der Waals surface area contributed by atoms with Gasteiger partial charge in [-0.1, -0.05) is 17.7 Å². The average Bonchev–Trinajstić information content (AvgIpc) is 2.18. The van der Waals surface area contributed by atoms with E-state index in [1.165, 1.54) is 7.11 Å². The van der Waals surface area contributed by atoms with E-state index in [-0.39, 0.29) is 12.7 Å². The first kappa shape index (κ1) is 11.0. The molecule has 0 spiro atoms. The lowest BCUT2D eigenvalue weighted by Gasteiger charge is -2.04. The largest absolute Gasteiger partial charge is 0.356 e. The van der Waals surface area contributed by atoms with Gasteiger partial charge in [-0.3, -0.25) is 4.79 Å². The van der Waals surface area contributed by atoms with Crippen LogP contribution in [-0.2, 0) is 9.57 Å². The highest BCUT2D eigenvalue weighted by Gasteiger charge is 2.04. The lowest BCUT2D eigenvalue weighted by atomic mass is 10.2. The number of hydrogen-bond donors (Lipinski definition) is 1. The van der Waals surface area contributed by atoms with Gasteiger partial charge in [0.1, 0.15) is 0 Å². The Bertz CT molecular complexity index is 317. The van der Waals surface area contributed by atoms with Crippen LogP contribution in [0.1, 0.15) is 10.4 Å². The zero-order valence-corrected chi connectivity index (χ0v) is 8.38. The monoisotopic (exact) mass is 215 g/mol. The molecule has 76 valence electrons. The molecule has 0 aliphatic heterocycles. The van der Waals surface area contributed by atoms with Crippen molar-refractivity contribution in [2.24, 2.45) is 0 Å². The number of rotatable bonds is 4. The predicted octanol–water partition coefficient (Wildman–Crippen LogP) is 1.61. The van der Waals surface area contributed by atoms with E-state index in [2.05, 4.69) is 15.1 Å². The minimum atomic E-state index is -0.357. The van der Waals surface area contributed by atoms with Crippen molar-refractivity contribution in [3.63, 3.8) is 0 Å². The Morgan fingerprint density at radius 2 is 2.36 bits per heavy atom. The molecule has 1 rings (SSSR count). The van der Waals surface area contributed by atoms with E-state index in [0.29, 0.717) is 10.6 Å². The maximum atomic E-state index is 11.3. The van der Waals surface area contributed by atoms with Crippen molar-refractivity contribution in [3.8, 4) is 0 Å². The molecule has 0 aromatic heterocycles. The summed E-state index contributed by atoms with van der Waals surface area (Å²) < 4.78 is 4.59. The zero-order chi connectivity index (χ0) is 10.4. The molecular formula is C9H10ClNO3. The second-order valence-corrected chi connectivity index (χ2v) is 2.93. The van der Waals surface area contributed by atoms with Crippen molar-refractivity contribution in [1.29, 1.82) is 0 Å². The molecule has 1 aromatic carbocycles. The smallest absolute Gasteiger partial charge is 0.274 e. The van der Waals surface area contributed by atoms with Gasteiger partial charge in [-0.25, -0.2) is 10.3 Å². The van der Waals surface area contributed by atoms with Crippen LogP contribution in [-0.4, -0.2) is 19.8 Å². The standard InChI is InChI=1S/C9H10ClNO3/c1-13-6-14-11-9(12)7-3-2-4-8(10)5-7/h2-5H,6H2,1H3,(H,11,12). The maximum absolute atomic E-state index is 11.3. The van der Waals surface area contributed by atoms with Crippen molar-refractivity contribution in [2.75, 3.05) is 13.9 Å². The Kier molecular flexibility index (Phi) is 4.39. The number of halogens is 1. The zero-order valence-electron chi connectivity index (χ0n) is 7.62. The number of benzene rings is 1. The minimum absolute atomic E-state index is 0.00626. The van der Waals surface area contributed by atoms with Crippen molar-refractivity contribution in [2.45, 2.75) is 0 Å². The number of hydrogen-bond acceptors (Lipinski definition) is 3. The first-order valence-corrected chi connectivity index (χ1v) is 4.28. The highest BCUT2D eigenvalue weighted by atomic mass is 35.5. The fourth-order valence-corrected chi connectivity index (χ4v) is 1.03. The molecule has 1 aromatic rings. The molecule has 4 nitrogen and oxygen atoms in total. The third-order valence-corrected chi connectivity index (χ3v) is 1.66. The third kappa shape index (κ3) is 3.33. The Balaban J connectivity index is 2.52. The summed E-state index contributed by atoms with van der Waals surface area (Å²) in [5.41, 5.74) is 2.64. The van der Waals surface area contributed by atoms with E-state index in [4.69, 9.17) is 11.6 Å². The van der Waals surface area contributed by atoms with Gasteiger partial charge in [0.15, 0.2) is 6.79 Å². The van der Waals surface area contributed by atoms with Crippen molar-refractivity contribution < 1.29 is 14.4 Å². The van der Waals surface area contributed by atoms with Crippen LogP contribution in [0.5, 0.6) is 0 Å². The maximum Gasteiger partial charge on any atom is 0.274 e. The average molecular weight is 216 g/mol. The summed E-state index contributed by atoms with van der Waals surface area (Å²) >= 11 is 5.70. The first-order valence-electron chi connectivity index (χ1n) is 3.90. The lowest BCUT2D eigenvalue weighted by Crippen LogP contribution is -2.24. The summed E-state index contributed by atoms with van der Waals surface area (Å²) in [6.07, 6.45) is 0. The number of carbonyl (C=O) groups is 1. The van der Waals surface area contributed by atoms with Gasteiger partial charge >= 0.3 is 0 Å². The van der Waals surface area contributed by atoms with Gasteiger partial charge in [-0.15, -0.1) is 0 Å². The number of ether oxygens (including phenoxy) is 1. The van der Waals surface area contributed by atoms with Gasteiger partial charge in [-0.2, -0.15) is 0 Å². The Morgan fingerprint density at radius 3 is 3.00 bits per heavy atom. The molecule has 0 aliphatic carbocycles. The van der Waals surface area contributed by atoms with Crippen molar-refractivity contribution in [1.82, 2.24) is 5.48 Å². The van der Waals surface area contributed by atoms with E-state index in [9.17, 15) is 4.79 Å². The molecule has 5 heteroatoms. The molecule has 1 amide bonds. The second-order valence-electron chi connectivity index (χ2n) is 2.49. The Morgan fingerprint density at radius 1 is 1.57 bits per heavy atom. The highest BCUT2D eigenvalue weighted by molar-refractivity contribution is 6.30. The van der Waals surface area contributed by atoms with Crippen LogP contribution in [0, 0.1) is 0 Å². The van der Waals surface area contributed by atoms with E-state index in [1.54, 1.807) is 24.3 Å². The van der Waals surface area contributed by atoms with Gasteiger partial charge in [0.05, 0.1) is 0 Å². The number of hydroxylamine groups is 1. The first-order chi connectivity index (χ1) is 6.74. The highest BCUT2D eigenvalue weighted by Crippen LogP contribution is 2.10. The van der Waals surface area contributed by atoms with Crippen molar-refractivity contribution >= 4 is 17.5 Å². The summed E-state index contributed by atoms with van der Waals surface area (Å²) in [5, 5.41) is 0.504. The predicted molar refractivity (Wildman–Crippen MR) is 51.9 cm³/mol. The van der Waals surface area contributed by atoms with E-state index < -0.39 is 0 Å². The molecule has 0 aliphatic rings. The lowest BCUT2D eigenvalue weighted by molar-refractivity contribution is -0.0704. The Hall–Kier alpha value is -1.10. The topological polar surface area (TPSA) is 47.6 Å². The number of amides is 1. The van der Waals surface area contributed by atoms with Gasteiger partial charge < -0.3 is 4.74 Å². The van der Waals surface area contributed by atoms with Crippen LogP contribution in [0.4, 0.5) is 0 Å². The Labute approximate surface area is 86.7 Å². The molecule has 0 saturated carbocycles. The molecular weight excluding hydrogens is 206 g/mol. The SMILES string of the molecule is COCONC(=O)c1cccc(Cl)c1. The number of nitrogens with one attached hydrogen (secondary N) is 1. The van der Waals surface area contributed by atoms with Gasteiger partial charge in [-0.05, 0) is 18.2 Å². The van der Waals surface area contributed by atoms with Gasteiger partial charge in [0, 0.05) is 17.7 Å². The number of carbonyl (C=O) groups excluding carboxylic acids is 1. The van der Waals surface area contributed by atoms with Crippen LogP contribution in [0.3, 0.4) is 0 Å². The molecule has 0 fully saturated rings. The van der Waals surface area contributed by atoms with E-state index in [0.717, 1.165) is 0 Å². The van der Waals surface area contributed by atoms with E-state index >= 15 is 0 Å². The molecule has 14 heavy (non-hydrogen) atoms. The van der Waals surface area contributed by atoms with Crippen LogP contribution >= 0.6 is 11.6 Å². The normalized spacial score (nSPS) is 9.86. The summed E-state index contributed by atoms with van der Waals surface area (Å²) in [6.45, 7) is 0.00626. The summed E-state index contributed by atoms with van der Waals surface area (Å²) in [5.74, 6) is -0.357. The van der Waals surface area contributed by atoms with Crippen LogP contribution in [0.15, 0.2) is 24.3 Å². The van der Waals surface area contributed by atoms with Gasteiger partial charge in [0.25, 0.3) is 5.91 Å². The fourth-order valence-electron chi connectivity index (χ4n) is 0.843. The molecule has 0 bridgehead atoms. The summed E-state index contributed by atoms with van der Waals surface area (Å²) in [6, 6.07) is 6.56. The second kappa shape index (κ2) is 5.59. The van der Waals surface area contributed by atoms with Crippen LogP contribution in [0.2, 0.25) is 5.02 Å². The van der Waals surface area contributed by atoms with Gasteiger partial charge in [0.2, 0.25) is 0 Å². The molecule has 0 radical (unpaired) electrons. The molecule has 1 N–H and O–H groups in total. The van der Waals surface area contributed by atoms with Crippen molar-refractivity contribution in [3.05, 3.63) is 34.9 Å². The summed E-state index contributed by atoms with van der Waals surface area (Å²) in [4.78, 5) is 16.0. The molecule has 0 atom stereocenters. The minimum Gasteiger partial charge on any atom is -0.356 e. The molecule has 0 heterocycles.